The molecule has 0 spiro atoms. The van der Waals surface area contributed by atoms with Gasteiger partial charge in [-0.1, -0.05) is 6.07 Å². The van der Waals surface area contributed by atoms with E-state index in [1.54, 1.807) is 12.3 Å². The molecule has 0 bridgehead atoms. The third-order valence-electron chi connectivity index (χ3n) is 1.87. The molecular weight excluding hydrogens is 174 g/mol. The van der Waals surface area contributed by atoms with Crippen LogP contribution in [0.1, 0.15) is 11.3 Å². The van der Waals surface area contributed by atoms with E-state index in [0.717, 1.165) is 5.56 Å². The lowest BCUT2D eigenvalue weighted by molar-refractivity contribution is 0.115. The van der Waals surface area contributed by atoms with Crippen LogP contribution in [0.3, 0.4) is 0 Å². The summed E-state index contributed by atoms with van der Waals surface area (Å²) in [5, 5.41) is 0. The molecule has 1 rings (SSSR count). The zero-order valence-corrected chi connectivity index (χ0v) is 7.37. The van der Waals surface area contributed by atoms with Crippen molar-refractivity contribution < 1.29 is 8.78 Å². The number of nitrogens with two attached hydrogens (primary N) is 1. The first-order valence-corrected chi connectivity index (χ1v) is 4.05. The van der Waals surface area contributed by atoms with E-state index in [9.17, 15) is 8.78 Å². The fourth-order valence-corrected chi connectivity index (χ4v) is 1.04. The highest BCUT2D eigenvalue weighted by Crippen LogP contribution is 2.09. The molecular formula is C9H12F2N2. The van der Waals surface area contributed by atoms with Crippen molar-refractivity contribution in [2.75, 3.05) is 0 Å². The van der Waals surface area contributed by atoms with Crippen LogP contribution in [0.2, 0.25) is 0 Å². The maximum atomic E-state index is 12.1. The molecule has 0 saturated carbocycles. The van der Waals surface area contributed by atoms with Gasteiger partial charge in [-0.25, -0.2) is 8.78 Å². The summed E-state index contributed by atoms with van der Waals surface area (Å²) in [4.78, 5) is 3.99. The molecule has 0 aliphatic rings. The molecule has 0 saturated heterocycles. The highest BCUT2D eigenvalue weighted by Gasteiger charge is 2.16. The largest absolute Gasteiger partial charge is 0.323 e. The van der Waals surface area contributed by atoms with E-state index in [1.807, 2.05) is 13.0 Å². The molecule has 1 unspecified atom stereocenters. The summed E-state index contributed by atoms with van der Waals surface area (Å²) >= 11 is 0. The van der Waals surface area contributed by atoms with E-state index in [4.69, 9.17) is 5.73 Å². The van der Waals surface area contributed by atoms with Gasteiger partial charge in [0, 0.05) is 18.3 Å². The van der Waals surface area contributed by atoms with Crippen molar-refractivity contribution in [3.63, 3.8) is 0 Å². The second-order valence-electron chi connectivity index (χ2n) is 2.97. The van der Waals surface area contributed by atoms with Crippen LogP contribution in [0.15, 0.2) is 18.3 Å². The summed E-state index contributed by atoms with van der Waals surface area (Å²) in [6.45, 7) is 1.83. The Kier molecular flexibility index (Phi) is 3.31. The minimum absolute atomic E-state index is 0.129. The minimum atomic E-state index is -2.48. The van der Waals surface area contributed by atoms with Crippen LogP contribution in [0.5, 0.6) is 0 Å². The van der Waals surface area contributed by atoms with Gasteiger partial charge in [0.25, 0.3) is 6.43 Å². The number of pyridine rings is 1. The maximum absolute atomic E-state index is 12.1. The zero-order chi connectivity index (χ0) is 9.84. The monoisotopic (exact) mass is 186 g/mol. The molecule has 0 amide bonds. The number of nitrogens with zero attached hydrogens (tertiary/aromatic N) is 1. The molecule has 72 valence electrons. The van der Waals surface area contributed by atoms with Crippen LogP contribution in [0, 0.1) is 6.92 Å². The Morgan fingerprint density at radius 3 is 2.77 bits per heavy atom. The lowest BCUT2D eigenvalue weighted by Gasteiger charge is -2.10. The lowest BCUT2D eigenvalue weighted by atomic mass is 10.1. The summed E-state index contributed by atoms with van der Waals surface area (Å²) < 4.78 is 24.2. The van der Waals surface area contributed by atoms with Crippen molar-refractivity contribution in [2.24, 2.45) is 5.73 Å². The Labute approximate surface area is 75.8 Å². The predicted octanol–water partition coefficient (Wildman–Crippen LogP) is 1.52. The van der Waals surface area contributed by atoms with Crippen LogP contribution < -0.4 is 5.73 Å². The Morgan fingerprint density at radius 1 is 1.54 bits per heavy atom. The second-order valence-corrected chi connectivity index (χ2v) is 2.97. The fraction of sp³-hybridized carbons (Fsp3) is 0.444. The van der Waals surface area contributed by atoms with Crippen molar-refractivity contribution in [3.05, 3.63) is 29.6 Å². The summed E-state index contributed by atoms with van der Waals surface area (Å²) in [5.74, 6) is 0. The van der Waals surface area contributed by atoms with Crippen molar-refractivity contribution >= 4 is 0 Å². The molecule has 1 atom stereocenters. The normalized spacial score (nSPS) is 13.3. The van der Waals surface area contributed by atoms with Gasteiger partial charge in [-0.15, -0.1) is 0 Å². The number of alkyl halides is 2. The number of halogens is 2. The highest BCUT2D eigenvalue weighted by molar-refractivity contribution is 5.18. The molecule has 0 aliphatic carbocycles. The molecule has 0 aliphatic heterocycles. The minimum Gasteiger partial charge on any atom is -0.323 e. The smallest absolute Gasteiger partial charge is 0.253 e. The number of hydrogen-bond donors (Lipinski definition) is 1. The third kappa shape index (κ3) is 2.73. The molecule has 2 N–H and O–H groups in total. The first-order valence-electron chi connectivity index (χ1n) is 4.05. The quantitative estimate of drug-likeness (QED) is 0.777. The lowest BCUT2D eigenvalue weighted by Crippen LogP contribution is -2.31. The fourth-order valence-electron chi connectivity index (χ4n) is 1.04. The summed E-state index contributed by atoms with van der Waals surface area (Å²) in [6, 6.07) is 2.49. The molecule has 4 heteroatoms. The Bertz CT molecular complexity index is 276. The van der Waals surface area contributed by atoms with E-state index >= 15 is 0 Å². The molecule has 1 aromatic rings. The van der Waals surface area contributed by atoms with Gasteiger partial charge < -0.3 is 5.73 Å². The number of hydrogen-bond acceptors (Lipinski definition) is 2. The summed E-state index contributed by atoms with van der Waals surface area (Å²) in [6.07, 6.45) is -0.772. The molecule has 0 aromatic carbocycles. The first kappa shape index (κ1) is 10.1. The number of aryl methyl sites for hydroxylation is 1. The zero-order valence-electron chi connectivity index (χ0n) is 7.37. The van der Waals surface area contributed by atoms with Crippen molar-refractivity contribution in [1.29, 1.82) is 0 Å². The van der Waals surface area contributed by atoms with E-state index in [0.29, 0.717) is 5.69 Å². The van der Waals surface area contributed by atoms with Crippen molar-refractivity contribution in [2.45, 2.75) is 25.8 Å². The molecule has 0 radical (unpaired) electrons. The van der Waals surface area contributed by atoms with E-state index in [2.05, 4.69) is 4.98 Å². The standard InChI is InChI=1S/C9H12F2N2/c1-6-3-2-4-13-8(6)5-7(12)9(10)11/h2-4,7,9H,5,12H2,1H3. The summed E-state index contributed by atoms with van der Waals surface area (Å²) in [7, 11) is 0. The first-order chi connectivity index (χ1) is 6.11. The predicted molar refractivity (Wildman–Crippen MR) is 46.7 cm³/mol. The van der Waals surface area contributed by atoms with Crippen molar-refractivity contribution in [1.82, 2.24) is 4.98 Å². The van der Waals surface area contributed by atoms with Crippen molar-refractivity contribution in [3.8, 4) is 0 Å². The van der Waals surface area contributed by atoms with Gasteiger partial charge in [0.2, 0.25) is 0 Å². The SMILES string of the molecule is Cc1cccnc1CC(N)C(F)F. The van der Waals surface area contributed by atoms with Gasteiger partial charge in [0.15, 0.2) is 0 Å². The van der Waals surface area contributed by atoms with Gasteiger partial charge in [-0.05, 0) is 18.6 Å². The van der Waals surface area contributed by atoms with Gasteiger partial charge in [-0.2, -0.15) is 0 Å². The van der Waals surface area contributed by atoms with Gasteiger partial charge in [-0.3, -0.25) is 4.98 Å². The van der Waals surface area contributed by atoms with Gasteiger partial charge in [0.05, 0.1) is 6.04 Å². The van der Waals surface area contributed by atoms with Gasteiger partial charge in [0.1, 0.15) is 0 Å². The Morgan fingerprint density at radius 2 is 2.23 bits per heavy atom. The highest BCUT2D eigenvalue weighted by atomic mass is 19.3. The number of aromatic nitrogens is 1. The molecule has 13 heavy (non-hydrogen) atoms. The average molecular weight is 186 g/mol. The second kappa shape index (κ2) is 4.28. The Hall–Kier alpha value is -1.03. The van der Waals surface area contributed by atoms with Gasteiger partial charge >= 0.3 is 0 Å². The Balaban J connectivity index is 2.69. The third-order valence-corrected chi connectivity index (χ3v) is 1.87. The van der Waals surface area contributed by atoms with Crippen LogP contribution in [0.25, 0.3) is 0 Å². The molecule has 1 heterocycles. The summed E-state index contributed by atoms with van der Waals surface area (Å²) in [5.41, 5.74) is 6.78. The van der Waals surface area contributed by atoms with E-state index in [-0.39, 0.29) is 6.42 Å². The molecule has 1 aromatic heterocycles. The van der Waals surface area contributed by atoms with E-state index in [1.165, 1.54) is 0 Å². The molecule has 2 nitrogen and oxygen atoms in total. The number of rotatable bonds is 3. The van der Waals surface area contributed by atoms with Crippen LogP contribution >= 0.6 is 0 Å². The average Bonchev–Trinajstić information content (AvgIpc) is 2.08. The maximum Gasteiger partial charge on any atom is 0.253 e. The molecule has 0 fully saturated rings. The topological polar surface area (TPSA) is 38.9 Å². The van der Waals surface area contributed by atoms with Crippen LogP contribution in [0.4, 0.5) is 8.78 Å². The van der Waals surface area contributed by atoms with Crippen LogP contribution in [-0.4, -0.2) is 17.5 Å². The van der Waals surface area contributed by atoms with Crippen LogP contribution in [-0.2, 0) is 6.42 Å². The van der Waals surface area contributed by atoms with E-state index < -0.39 is 12.5 Å².